The van der Waals surface area contributed by atoms with Gasteiger partial charge in [-0.25, -0.2) is 4.98 Å². The molecule has 0 aromatic carbocycles. The van der Waals surface area contributed by atoms with Gasteiger partial charge in [-0.15, -0.1) is 0 Å². The van der Waals surface area contributed by atoms with E-state index in [9.17, 15) is 13.2 Å². The van der Waals surface area contributed by atoms with Crippen LogP contribution in [0.1, 0.15) is 25.8 Å². The topological polar surface area (TPSA) is 32.6 Å². The lowest BCUT2D eigenvalue weighted by molar-refractivity contribution is -0.367. The predicted molar refractivity (Wildman–Crippen MR) is 96.9 cm³/mol. The lowest BCUT2D eigenvalue weighted by Crippen LogP contribution is -2.53. The van der Waals surface area contributed by atoms with Crippen LogP contribution in [0.5, 0.6) is 0 Å². The van der Waals surface area contributed by atoms with Crippen LogP contribution in [0.2, 0.25) is 5.02 Å². The van der Waals surface area contributed by atoms with Gasteiger partial charge in [0.15, 0.2) is 5.11 Å². The molecule has 9 heteroatoms. The van der Waals surface area contributed by atoms with Crippen molar-refractivity contribution in [3.63, 3.8) is 0 Å². The first-order chi connectivity index (χ1) is 11.7. The number of aromatic amines is 1. The molecule has 0 amide bonds. The largest absolute Gasteiger partial charge is 0.419 e. The zero-order valence-electron chi connectivity index (χ0n) is 14.3. The molecule has 2 N–H and O–H groups in total. The van der Waals surface area contributed by atoms with Gasteiger partial charge in [0.05, 0.1) is 18.7 Å². The molecule has 1 aliphatic heterocycles. The molecule has 1 fully saturated rings. The molecule has 1 aliphatic rings. The van der Waals surface area contributed by atoms with E-state index in [0.717, 1.165) is 30.3 Å². The maximum Gasteiger partial charge on any atom is 0.419 e. The average molecular weight is 396 g/mol. The Kier molecular flexibility index (Phi) is 6.73. The van der Waals surface area contributed by atoms with Gasteiger partial charge in [0.2, 0.25) is 0 Å². The number of piperazine rings is 1. The summed E-state index contributed by atoms with van der Waals surface area (Å²) in [5.41, 5.74) is -0.782. The third-order valence-electron chi connectivity index (χ3n) is 4.38. The highest BCUT2D eigenvalue weighted by Gasteiger charge is 2.34. The van der Waals surface area contributed by atoms with E-state index in [1.165, 1.54) is 0 Å². The first-order valence-corrected chi connectivity index (χ1v) is 9.07. The van der Waals surface area contributed by atoms with E-state index in [1.54, 1.807) is 0 Å². The minimum absolute atomic E-state index is 0.0701. The molecule has 25 heavy (non-hydrogen) atoms. The van der Waals surface area contributed by atoms with E-state index in [4.69, 9.17) is 23.8 Å². The van der Waals surface area contributed by atoms with Gasteiger partial charge in [-0.05, 0) is 24.2 Å². The third kappa shape index (κ3) is 5.34. The number of halogens is 4. The van der Waals surface area contributed by atoms with E-state index >= 15 is 0 Å². The van der Waals surface area contributed by atoms with Crippen LogP contribution in [0.25, 0.3) is 0 Å². The van der Waals surface area contributed by atoms with Gasteiger partial charge >= 0.3 is 6.18 Å². The van der Waals surface area contributed by atoms with Crippen LogP contribution in [0.3, 0.4) is 0 Å². The van der Waals surface area contributed by atoms with Crippen molar-refractivity contribution in [3.8, 4) is 0 Å². The number of hydrogen-bond acceptors (Lipinski definition) is 2. The number of alkyl halides is 3. The summed E-state index contributed by atoms with van der Waals surface area (Å²) in [7, 11) is 0. The Labute approximate surface area is 156 Å². The van der Waals surface area contributed by atoms with Gasteiger partial charge in [-0.3, -0.25) is 4.90 Å². The van der Waals surface area contributed by atoms with Crippen molar-refractivity contribution in [1.82, 2.24) is 10.2 Å². The second-order valence-corrected chi connectivity index (χ2v) is 7.05. The highest BCUT2D eigenvalue weighted by atomic mass is 35.5. The molecule has 0 aliphatic carbocycles. The molecule has 0 spiro atoms. The van der Waals surface area contributed by atoms with E-state index in [2.05, 4.69) is 29.0 Å². The number of aromatic nitrogens is 1. The second-order valence-electron chi connectivity index (χ2n) is 6.26. The fraction of sp³-hybridized carbons (Fsp3) is 0.625. The van der Waals surface area contributed by atoms with Crippen molar-refractivity contribution < 1.29 is 18.2 Å². The number of H-pyrrole nitrogens is 1. The SMILES string of the molecule is CC[C@@H](C)CNC(=S)N1CCN(c2[nH+]cc(C(F)(F)F)cc2Cl)CC1. The van der Waals surface area contributed by atoms with Crippen LogP contribution >= 0.6 is 23.8 Å². The third-order valence-corrected chi connectivity index (χ3v) is 5.07. The number of hydrogen-bond donors (Lipinski definition) is 1. The molecule has 4 nitrogen and oxygen atoms in total. The summed E-state index contributed by atoms with van der Waals surface area (Å²) < 4.78 is 38.1. The van der Waals surface area contributed by atoms with Crippen molar-refractivity contribution in [2.45, 2.75) is 26.4 Å². The molecule has 1 atom stereocenters. The summed E-state index contributed by atoms with van der Waals surface area (Å²) in [5.74, 6) is 1.06. The molecule has 0 unspecified atom stereocenters. The summed E-state index contributed by atoms with van der Waals surface area (Å²) in [6.07, 6.45) is -2.37. The van der Waals surface area contributed by atoms with Crippen LogP contribution in [-0.4, -0.2) is 42.7 Å². The predicted octanol–water partition coefficient (Wildman–Crippen LogP) is 3.22. The van der Waals surface area contributed by atoms with Gasteiger partial charge in [-0.1, -0.05) is 31.9 Å². The molecule has 0 bridgehead atoms. The fourth-order valence-corrected chi connectivity index (χ4v) is 3.08. The minimum atomic E-state index is -4.41. The molecule has 140 valence electrons. The summed E-state index contributed by atoms with van der Waals surface area (Å²) in [6, 6.07) is 0.956. The van der Waals surface area contributed by atoms with Crippen molar-refractivity contribution in [3.05, 3.63) is 22.8 Å². The normalized spacial score (nSPS) is 16.7. The van der Waals surface area contributed by atoms with E-state index in [-0.39, 0.29) is 5.02 Å². The van der Waals surface area contributed by atoms with Gasteiger partial charge in [-0.2, -0.15) is 13.2 Å². The number of rotatable bonds is 4. The number of nitrogens with one attached hydrogen (secondary N) is 2. The maximum absolute atomic E-state index is 12.7. The van der Waals surface area contributed by atoms with Crippen LogP contribution in [0.4, 0.5) is 19.0 Å². The maximum atomic E-state index is 12.7. The van der Waals surface area contributed by atoms with Crippen LogP contribution in [0.15, 0.2) is 12.3 Å². The Hall–Kier alpha value is -1.28. The zero-order chi connectivity index (χ0) is 18.6. The van der Waals surface area contributed by atoms with Crippen molar-refractivity contribution >= 4 is 34.7 Å². The zero-order valence-corrected chi connectivity index (χ0v) is 15.9. The highest BCUT2D eigenvalue weighted by molar-refractivity contribution is 7.80. The van der Waals surface area contributed by atoms with Crippen molar-refractivity contribution in [1.29, 1.82) is 0 Å². The molecular weight excluding hydrogens is 373 g/mol. The molecule has 1 aromatic rings. The van der Waals surface area contributed by atoms with E-state index in [0.29, 0.717) is 37.9 Å². The molecule has 0 radical (unpaired) electrons. The lowest BCUT2D eigenvalue weighted by Gasteiger charge is -2.33. The minimum Gasteiger partial charge on any atom is -0.362 e. The standard InChI is InChI=1S/C16H22ClF3N4S/c1-3-11(2)9-22-15(25)24-6-4-23(5-7-24)14-13(17)8-12(10-21-14)16(18,19)20/h8,10-11H,3-7,9H2,1-2H3,(H,22,25)/p+1/t11-/m1/s1. The number of pyridine rings is 1. The van der Waals surface area contributed by atoms with Crippen LogP contribution < -0.4 is 15.2 Å². The Morgan fingerprint density at radius 3 is 2.52 bits per heavy atom. The Bertz CT molecular complexity index is 604. The molecule has 1 saturated heterocycles. The number of nitrogens with zero attached hydrogens (tertiary/aromatic N) is 2. The average Bonchev–Trinajstić information content (AvgIpc) is 2.58. The van der Waals surface area contributed by atoms with Gasteiger partial charge in [0.1, 0.15) is 24.3 Å². The Balaban J connectivity index is 1.93. The van der Waals surface area contributed by atoms with Crippen molar-refractivity contribution in [2.24, 2.45) is 5.92 Å². The van der Waals surface area contributed by atoms with Gasteiger partial charge < -0.3 is 10.2 Å². The molecular formula is C16H23ClF3N4S+. The first kappa shape index (κ1) is 20.0. The first-order valence-electron chi connectivity index (χ1n) is 8.28. The summed E-state index contributed by atoms with van der Waals surface area (Å²) in [6.45, 7) is 7.79. The highest BCUT2D eigenvalue weighted by Crippen LogP contribution is 2.32. The summed E-state index contributed by atoms with van der Waals surface area (Å²) in [5, 5.41) is 4.07. The van der Waals surface area contributed by atoms with Crippen LogP contribution in [-0.2, 0) is 6.18 Å². The molecule has 0 saturated carbocycles. The molecule has 2 heterocycles. The van der Waals surface area contributed by atoms with Crippen molar-refractivity contribution in [2.75, 3.05) is 37.6 Å². The number of thiocarbonyl (C=S) groups is 1. The molecule has 1 aromatic heterocycles. The summed E-state index contributed by atoms with van der Waals surface area (Å²) in [4.78, 5) is 6.70. The number of anilines is 1. The van der Waals surface area contributed by atoms with Gasteiger partial charge in [0.25, 0.3) is 5.82 Å². The lowest BCUT2D eigenvalue weighted by atomic mass is 10.1. The van der Waals surface area contributed by atoms with Gasteiger partial charge in [0, 0.05) is 6.54 Å². The Morgan fingerprint density at radius 1 is 1.36 bits per heavy atom. The van der Waals surface area contributed by atoms with Crippen LogP contribution in [0, 0.1) is 5.92 Å². The summed E-state index contributed by atoms with van der Waals surface area (Å²) >= 11 is 11.5. The monoisotopic (exact) mass is 395 g/mol. The van der Waals surface area contributed by atoms with E-state index in [1.807, 2.05) is 4.90 Å². The Morgan fingerprint density at radius 2 is 2.00 bits per heavy atom. The second kappa shape index (κ2) is 8.40. The van der Waals surface area contributed by atoms with E-state index < -0.39 is 11.7 Å². The smallest absolute Gasteiger partial charge is 0.362 e. The fourth-order valence-electron chi connectivity index (χ4n) is 2.52. The molecule has 2 rings (SSSR count). The quantitative estimate of drug-likeness (QED) is 0.793.